The summed E-state index contributed by atoms with van der Waals surface area (Å²) in [5.41, 5.74) is 9.81. The van der Waals surface area contributed by atoms with Crippen LogP contribution in [0.2, 0.25) is 0 Å². The van der Waals surface area contributed by atoms with Crippen molar-refractivity contribution in [1.29, 1.82) is 0 Å². The minimum Gasteiger partial charge on any atom is -0.497 e. The number of hydrogen-bond donors (Lipinski definition) is 3. The van der Waals surface area contributed by atoms with E-state index in [2.05, 4.69) is 90.1 Å². The van der Waals surface area contributed by atoms with Crippen molar-refractivity contribution in [3.05, 3.63) is 59.9 Å². The predicted octanol–water partition coefficient (Wildman–Crippen LogP) is 3.67. The Morgan fingerprint density at radius 3 is 2.28 bits per heavy atom. The van der Waals surface area contributed by atoms with Gasteiger partial charge in [0.1, 0.15) is 5.75 Å². The van der Waals surface area contributed by atoms with Crippen molar-refractivity contribution in [3.63, 3.8) is 0 Å². The van der Waals surface area contributed by atoms with Gasteiger partial charge in [0.25, 0.3) is 0 Å². The first-order valence-electron chi connectivity index (χ1n) is 11.8. The molecule has 0 aliphatic carbocycles. The maximum atomic E-state index is 5.35. The van der Waals surface area contributed by atoms with Crippen LogP contribution in [-0.2, 0) is 6.54 Å². The highest BCUT2D eigenvalue weighted by atomic mass is 16.5. The first-order chi connectivity index (χ1) is 15.2. The van der Waals surface area contributed by atoms with Gasteiger partial charge in [-0.25, -0.2) is 5.43 Å². The normalized spacial score (nSPS) is 25.2. The molecule has 2 unspecified atom stereocenters. The van der Waals surface area contributed by atoms with Gasteiger partial charge in [0.05, 0.1) is 13.2 Å². The van der Waals surface area contributed by atoms with E-state index >= 15 is 0 Å². The van der Waals surface area contributed by atoms with E-state index in [-0.39, 0.29) is 17.1 Å². The second kappa shape index (κ2) is 9.48. The number of piperidine rings is 1. The number of hydrogen-bond acceptors (Lipinski definition) is 6. The summed E-state index contributed by atoms with van der Waals surface area (Å²) < 4.78 is 5.35. The van der Waals surface area contributed by atoms with E-state index in [0.29, 0.717) is 12.0 Å². The Morgan fingerprint density at radius 1 is 1.00 bits per heavy atom. The summed E-state index contributed by atoms with van der Waals surface area (Å²) in [6.45, 7) is 12.3. The molecular weight excluding hydrogens is 398 g/mol. The van der Waals surface area contributed by atoms with Crippen LogP contribution in [0.3, 0.4) is 0 Å². The molecule has 4 rings (SSSR count). The maximum absolute atomic E-state index is 5.35. The van der Waals surface area contributed by atoms with Gasteiger partial charge in [0.2, 0.25) is 0 Å². The van der Waals surface area contributed by atoms with Crippen LogP contribution >= 0.6 is 0 Å². The van der Waals surface area contributed by atoms with Gasteiger partial charge in [0.15, 0.2) is 0 Å². The van der Waals surface area contributed by atoms with Crippen LogP contribution in [0.4, 0.5) is 0 Å². The third-order valence-electron chi connectivity index (χ3n) is 6.86. The Labute approximate surface area is 193 Å². The Kier molecular flexibility index (Phi) is 6.86. The summed E-state index contributed by atoms with van der Waals surface area (Å²) in [4.78, 5) is 6.94. The topological polar surface area (TPSA) is 61.5 Å². The molecule has 6 heteroatoms. The SMILES string of the molecule is COc1ccc(C2NNCC2CN(Cc2ccncc2)C2CC(C)(C)NC(C)(C)C2)cc1. The fourth-order valence-electron chi connectivity index (χ4n) is 5.77. The summed E-state index contributed by atoms with van der Waals surface area (Å²) >= 11 is 0. The molecule has 0 saturated carbocycles. The van der Waals surface area contributed by atoms with E-state index < -0.39 is 0 Å². The van der Waals surface area contributed by atoms with Crippen molar-refractivity contribution >= 4 is 0 Å². The first kappa shape index (κ1) is 23.2. The van der Waals surface area contributed by atoms with Crippen molar-refractivity contribution in [1.82, 2.24) is 26.1 Å². The van der Waals surface area contributed by atoms with Crippen LogP contribution in [-0.4, -0.2) is 47.2 Å². The van der Waals surface area contributed by atoms with E-state index in [4.69, 9.17) is 4.74 Å². The minimum atomic E-state index is 0.116. The van der Waals surface area contributed by atoms with Crippen LogP contribution in [0.1, 0.15) is 57.7 Å². The van der Waals surface area contributed by atoms with Gasteiger partial charge in [0, 0.05) is 55.1 Å². The van der Waals surface area contributed by atoms with Crippen molar-refractivity contribution in [2.45, 2.75) is 70.2 Å². The lowest BCUT2D eigenvalue weighted by atomic mass is 9.78. The molecule has 2 saturated heterocycles. The average molecular weight is 438 g/mol. The Morgan fingerprint density at radius 2 is 1.66 bits per heavy atom. The Hall–Kier alpha value is -1.99. The molecule has 0 radical (unpaired) electrons. The zero-order valence-electron chi connectivity index (χ0n) is 20.2. The monoisotopic (exact) mass is 437 g/mol. The number of benzene rings is 1. The molecule has 1 aromatic heterocycles. The minimum absolute atomic E-state index is 0.116. The molecular formula is C26H39N5O. The molecule has 3 heterocycles. The maximum Gasteiger partial charge on any atom is 0.118 e. The van der Waals surface area contributed by atoms with Crippen molar-refractivity contribution in [2.75, 3.05) is 20.2 Å². The molecule has 0 bridgehead atoms. The third kappa shape index (κ3) is 5.67. The highest BCUT2D eigenvalue weighted by Gasteiger charge is 2.41. The van der Waals surface area contributed by atoms with Gasteiger partial charge < -0.3 is 10.1 Å². The summed E-state index contributed by atoms with van der Waals surface area (Å²) in [6, 6.07) is 13.6. The zero-order valence-corrected chi connectivity index (χ0v) is 20.2. The number of methoxy groups -OCH3 is 1. The lowest BCUT2D eigenvalue weighted by molar-refractivity contribution is 0.0508. The number of nitrogens with zero attached hydrogens (tertiary/aromatic N) is 2. The summed E-state index contributed by atoms with van der Waals surface area (Å²) in [7, 11) is 1.71. The standard InChI is InChI=1S/C26H39N5O/c1-25(2)14-22(15-26(3,4)30-25)31(17-19-10-12-27-13-11-19)18-21-16-28-29-24(21)20-6-8-23(32-5)9-7-20/h6-13,21-22,24,28-30H,14-18H2,1-5H3. The number of pyridine rings is 1. The van der Waals surface area contributed by atoms with E-state index in [1.54, 1.807) is 7.11 Å². The van der Waals surface area contributed by atoms with E-state index in [9.17, 15) is 0 Å². The quantitative estimate of drug-likeness (QED) is 0.614. The number of ether oxygens (including phenoxy) is 1. The summed E-state index contributed by atoms with van der Waals surface area (Å²) in [6.07, 6.45) is 6.09. The number of hydrazine groups is 1. The van der Waals surface area contributed by atoms with Gasteiger partial charge in [-0.3, -0.25) is 15.3 Å². The second-order valence-corrected chi connectivity index (χ2v) is 10.8. The van der Waals surface area contributed by atoms with Crippen LogP contribution in [0.15, 0.2) is 48.8 Å². The van der Waals surface area contributed by atoms with Gasteiger partial charge in [-0.2, -0.15) is 0 Å². The fraction of sp³-hybridized carbons (Fsp3) is 0.577. The lowest BCUT2D eigenvalue weighted by Gasteiger charge is -2.50. The molecule has 1 aromatic carbocycles. The molecule has 2 aliphatic rings. The molecule has 174 valence electrons. The first-order valence-corrected chi connectivity index (χ1v) is 11.8. The van der Waals surface area contributed by atoms with Gasteiger partial charge in [-0.15, -0.1) is 0 Å². The van der Waals surface area contributed by atoms with Crippen molar-refractivity contribution in [2.24, 2.45) is 5.92 Å². The number of nitrogens with one attached hydrogen (secondary N) is 3. The molecule has 2 atom stereocenters. The molecule has 6 nitrogen and oxygen atoms in total. The van der Waals surface area contributed by atoms with Crippen LogP contribution in [0.5, 0.6) is 5.75 Å². The average Bonchev–Trinajstić information content (AvgIpc) is 3.20. The number of rotatable bonds is 7. The van der Waals surface area contributed by atoms with E-state index in [1.807, 2.05) is 12.4 Å². The largest absolute Gasteiger partial charge is 0.497 e. The molecule has 32 heavy (non-hydrogen) atoms. The van der Waals surface area contributed by atoms with E-state index in [1.165, 1.54) is 11.1 Å². The fourth-order valence-corrected chi connectivity index (χ4v) is 5.77. The zero-order chi connectivity index (χ0) is 22.8. The Balaban J connectivity index is 1.56. The van der Waals surface area contributed by atoms with Crippen LogP contribution in [0, 0.1) is 5.92 Å². The summed E-state index contributed by atoms with van der Waals surface area (Å²) in [5.74, 6) is 1.38. The summed E-state index contributed by atoms with van der Waals surface area (Å²) in [5, 5.41) is 3.85. The van der Waals surface area contributed by atoms with Gasteiger partial charge in [-0.05, 0) is 75.9 Å². The number of aromatic nitrogens is 1. The molecule has 2 aromatic rings. The van der Waals surface area contributed by atoms with Crippen LogP contribution in [0.25, 0.3) is 0 Å². The van der Waals surface area contributed by atoms with Crippen molar-refractivity contribution in [3.8, 4) is 5.75 Å². The molecule has 0 amide bonds. The Bertz CT molecular complexity index is 852. The smallest absolute Gasteiger partial charge is 0.118 e. The molecule has 3 N–H and O–H groups in total. The predicted molar refractivity (Wildman–Crippen MR) is 129 cm³/mol. The van der Waals surface area contributed by atoms with Crippen molar-refractivity contribution < 1.29 is 4.74 Å². The van der Waals surface area contributed by atoms with E-state index in [0.717, 1.165) is 38.2 Å². The molecule has 2 fully saturated rings. The third-order valence-corrected chi connectivity index (χ3v) is 6.86. The second-order valence-electron chi connectivity index (χ2n) is 10.8. The highest BCUT2D eigenvalue weighted by molar-refractivity contribution is 5.30. The lowest BCUT2D eigenvalue weighted by Crippen LogP contribution is -2.62. The molecule has 2 aliphatic heterocycles. The van der Waals surface area contributed by atoms with Gasteiger partial charge >= 0.3 is 0 Å². The van der Waals surface area contributed by atoms with Crippen LogP contribution < -0.4 is 20.9 Å². The highest BCUT2D eigenvalue weighted by Crippen LogP contribution is 2.34. The van der Waals surface area contributed by atoms with Gasteiger partial charge in [-0.1, -0.05) is 12.1 Å². The molecule has 0 spiro atoms.